The summed E-state index contributed by atoms with van der Waals surface area (Å²) in [4.78, 5) is -0.859. The lowest BCUT2D eigenvalue weighted by molar-refractivity contribution is -0.138. The van der Waals surface area contributed by atoms with Crippen LogP contribution in [-0.4, -0.2) is 8.42 Å². The van der Waals surface area contributed by atoms with Gasteiger partial charge in [0.05, 0.1) is 21.7 Å². The molecule has 0 aliphatic carbocycles. The van der Waals surface area contributed by atoms with Gasteiger partial charge in [-0.15, -0.1) is 0 Å². The Labute approximate surface area is 157 Å². The molecule has 12 heteroatoms. The zero-order valence-corrected chi connectivity index (χ0v) is 15.4. The van der Waals surface area contributed by atoms with Crippen LogP contribution in [0.2, 0.25) is 5.02 Å². The predicted octanol–water partition coefficient (Wildman–Crippen LogP) is 5.94. The van der Waals surface area contributed by atoms with Gasteiger partial charge in [-0.2, -0.15) is 26.3 Å². The third kappa shape index (κ3) is 4.83. The van der Waals surface area contributed by atoms with E-state index in [-0.39, 0.29) is 9.50 Å². The number of nitrogens with one attached hydrogen (secondary N) is 1. The van der Waals surface area contributed by atoms with Crippen LogP contribution in [0.25, 0.3) is 0 Å². The number of hydrogen-bond acceptors (Lipinski definition) is 2. The maximum Gasteiger partial charge on any atom is 0.418 e. The Bertz CT molecular complexity index is 943. The highest BCUT2D eigenvalue weighted by Gasteiger charge is 2.36. The highest BCUT2D eigenvalue weighted by atomic mass is 79.9. The van der Waals surface area contributed by atoms with Crippen molar-refractivity contribution in [3.8, 4) is 0 Å². The van der Waals surface area contributed by atoms with Crippen LogP contribution >= 0.6 is 27.5 Å². The van der Waals surface area contributed by atoms with Crippen LogP contribution in [0.5, 0.6) is 0 Å². The topological polar surface area (TPSA) is 46.2 Å². The molecule has 0 aliphatic rings. The number of hydrogen-bond donors (Lipinski definition) is 1. The molecule has 0 amide bonds. The summed E-state index contributed by atoms with van der Waals surface area (Å²) in [7, 11) is -4.74. The molecular formula is C14H7BrClF6NO2S. The number of sulfonamides is 1. The lowest BCUT2D eigenvalue weighted by atomic mass is 10.2. The Hall–Kier alpha value is -1.46. The standard InChI is InChI=1S/C14H7BrClF6NO2S/c15-8-3-7(13(17,18)19)4-10(5-8)26(24,25)23-12-2-1-9(16)6-11(12)14(20,21)22/h1-6,23H. The molecule has 142 valence electrons. The van der Waals surface area contributed by atoms with Crippen LogP contribution < -0.4 is 4.72 Å². The number of anilines is 1. The first-order valence-electron chi connectivity index (χ1n) is 6.47. The van der Waals surface area contributed by atoms with Crippen LogP contribution in [0.15, 0.2) is 45.8 Å². The number of alkyl halides is 6. The highest BCUT2D eigenvalue weighted by Crippen LogP contribution is 2.38. The first kappa shape index (κ1) is 20.8. The zero-order chi connectivity index (χ0) is 19.9. The van der Waals surface area contributed by atoms with Crippen molar-refractivity contribution in [1.29, 1.82) is 0 Å². The fourth-order valence-electron chi connectivity index (χ4n) is 1.93. The lowest BCUT2D eigenvalue weighted by Gasteiger charge is -2.16. The maximum atomic E-state index is 13.0. The molecule has 2 aromatic rings. The van der Waals surface area contributed by atoms with Crippen molar-refractivity contribution in [2.24, 2.45) is 0 Å². The van der Waals surface area contributed by atoms with E-state index < -0.39 is 44.1 Å². The summed E-state index contributed by atoms with van der Waals surface area (Å²) in [5, 5.41) is -0.290. The molecule has 2 rings (SSSR count). The first-order chi connectivity index (χ1) is 11.7. The van der Waals surface area contributed by atoms with E-state index in [1.165, 1.54) is 0 Å². The van der Waals surface area contributed by atoms with Crippen molar-refractivity contribution in [3.05, 3.63) is 57.0 Å². The minimum absolute atomic E-state index is 0.208. The van der Waals surface area contributed by atoms with E-state index in [0.29, 0.717) is 18.2 Å². The summed E-state index contributed by atoms with van der Waals surface area (Å²) >= 11 is 8.24. The molecule has 2 aromatic carbocycles. The van der Waals surface area contributed by atoms with Gasteiger partial charge in [0.15, 0.2) is 0 Å². The summed E-state index contributed by atoms with van der Waals surface area (Å²) in [5.74, 6) is 0. The fourth-order valence-corrected chi connectivity index (χ4v) is 3.89. The van der Waals surface area contributed by atoms with Gasteiger partial charge in [0.2, 0.25) is 0 Å². The molecule has 26 heavy (non-hydrogen) atoms. The smallest absolute Gasteiger partial charge is 0.279 e. The number of benzene rings is 2. The normalized spacial score (nSPS) is 12.9. The van der Waals surface area contributed by atoms with Gasteiger partial charge in [0, 0.05) is 9.50 Å². The summed E-state index contributed by atoms with van der Waals surface area (Å²) in [6, 6.07) is 4.07. The van der Waals surface area contributed by atoms with Gasteiger partial charge < -0.3 is 0 Å². The third-order valence-electron chi connectivity index (χ3n) is 3.04. The van der Waals surface area contributed by atoms with Gasteiger partial charge in [0.25, 0.3) is 10.0 Å². The second kappa shape index (κ2) is 6.93. The molecule has 3 nitrogen and oxygen atoms in total. The van der Waals surface area contributed by atoms with Crippen LogP contribution in [-0.2, 0) is 22.4 Å². The summed E-state index contributed by atoms with van der Waals surface area (Å²) < 4.78 is 104. The molecule has 0 aromatic heterocycles. The monoisotopic (exact) mass is 481 g/mol. The lowest BCUT2D eigenvalue weighted by Crippen LogP contribution is -2.18. The highest BCUT2D eigenvalue weighted by molar-refractivity contribution is 9.10. The van der Waals surface area contributed by atoms with Crippen LogP contribution in [0.3, 0.4) is 0 Å². The molecule has 0 saturated carbocycles. The fraction of sp³-hybridized carbons (Fsp3) is 0.143. The van der Waals surface area contributed by atoms with E-state index in [1.54, 1.807) is 4.72 Å². The number of halogens is 8. The summed E-state index contributed by atoms with van der Waals surface area (Å²) in [6.07, 6.45) is -9.78. The quantitative estimate of drug-likeness (QED) is 0.550. The largest absolute Gasteiger partial charge is 0.418 e. The van der Waals surface area contributed by atoms with E-state index in [0.717, 1.165) is 18.2 Å². The molecule has 0 fully saturated rings. The van der Waals surface area contributed by atoms with Crippen molar-refractivity contribution in [2.45, 2.75) is 17.2 Å². The Kier molecular flexibility index (Phi) is 5.56. The molecule has 0 bridgehead atoms. The van der Waals surface area contributed by atoms with E-state index >= 15 is 0 Å². The van der Waals surface area contributed by atoms with Gasteiger partial charge in [0.1, 0.15) is 0 Å². The van der Waals surface area contributed by atoms with E-state index in [2.05, 4.69) is 15.9 Å². The van der Waals surface area contributed by atoms with Crippen molar-refractivity contribution < 1.29 is 34.8 Å². The molecule has 0 aliphatic heterocycles. The van der Waals surface area contributed by atoms with Crippen LogP contribution in [0.1, 0.15) is 11.1 Å². The Morgan fingerprint density at radius 2 is 1.54 bits per heavy atom. The average Bonchev–Trinajstić information content (AvgIpc) is 2.46. The molecule has 0 spiro atoms. The molecule has 1 N–H and O–H groups in total. The summed E-state index contributed by atoms with van der Waals surface area (Å²) in [6.45, 7) is 0. The average molecular weight is 483 g/mol. The number of rotatable bonds is 3. The zero-order valence-electron chi connectivity index (χ0n) is 12.2. The van der Waals surface area contributed by atoms with Crippen molar-refractivity contribution >= 4 is 43.2 Å². The minimum atomic E-state index is -4.93. The van der Waals surface area contributed by atoms with Gasteiger partial charge in [-0.05, 0) is 36.4 Å². The molecular weight excluding hydrogens is 476 g/mol. The Morgan fingerprint density at radius 3 is 2.08 bits per heavy atom. The third-order valence-corrected chi connectivity index (χ3v) is 5.08. The second-order valence-electron chi connectivity index (χ2n) is 4.97. The van der Waals surface area contributed by atoms with E-state index in [4.69, 9.17) is 11.6 Å². The Morgan fingerprint density at radius 1 is 0.923 bits per heavy atom. The van der Waals surface area contributed by atoms with Gasteiger partial charge in [-0.3, -0.25) is 4.72 Å². The van der Waals surface area contributed by atoms with Gasteiger partial charge in [-0.25, -0.2) is 8.42 Å². The minimum Gasteiger partial charge on any atom is -0.279 e. The van der Waals surface area contributed by atoms with Crippen molar-refractivity contribution in [3.63, 3.8) is 0 Å². The van der Waals surface area contributed by atoms with Crippen molar-refractivity contribution in [2.75, 3.05) is 4.72 Å². The Balaban J connectivity index is 2.53. The molecule has 0 heterocycles. The van der Waals surface area contributed by atoms with Gasteiger partial charge in [-0.1, -0.05) is 27.5 Å². The van der Waals surface area contributed by atoms with Gasteiger partial charge >= 0.3 is 12.4 Å². The second-order valence-corrected chi connectivity index (χ2v) is 8.00. The molecule has 0 unspecified atom stereocenters. The first-order valence-corrected chi connectivity index (χ1v) is 9.13. The van der Waals surface area contributed by atoms with Crippen molar-refractivity contribution in [1.82, 2.24) is 0 Å². The maximum absolute atomic E-state index is 13.0. The molecule has 0 saturated heterocycles. The van der Waals surface area contributed by atoms with E-state index in [1.807, 2.05) is 0 Å². The van der Waals surface area contributed by atoms with Crippen LogP contribution in [0.4, 0.5) is 32.0 Å². The molecule has 0 radical (unpaired) electrons. The molecule has 0 atom stereocenters. The van der Waals surface area contributed by atoms with E-state index in [9.17, 15) is 34.8 Å². The SMILES string of the molecule is O=S(=O)(Nc1ccc(Cl)cc1C(F)(F)F)c1cc(Br)cc(C(F)(F)F)c1. The van der Waals surface area contributed by atoms with Crippen LogP contribution in [0, 0.1) is 0 Å². The summed E-state index contributed by atoms with van der Waals surface area (Å²) in [5.41, 5.74) is -3.52. The predicted molar refractivity (Wildman–Crippen MR) is 86.4 cm³/mol.